The van der Waals surface area contributed by atoms with Crippen molar-refractivity contribution >= 4 is 22.4 Å². The number of benzene rings is 1. The molecular formula is C14H16N6. The zero-order valence-corrected chi connectivity index (χ0v) is 11.5. The van der Waals surface area contributed by atoms with Crippen LogP contribution in [0, 0.1) is 6.92 Å². The molecule has 0 unspecified atom stereocenters. The summed E-state index contributed by atoms with van der Waals surface area (Å²) in [5, 5.41) is 8.48. The molecule has 1 aromatic carbocycles. The molecule has 0 saturated carbocycles. The number of nitrogens with zero attached hydrogens (tertiary/aromatic N) is 4. The highest BCUT2D eigenvalue weighted by Gasteiger charge is 2.07. The molecular weight excluding hydrogens is 252 g/mol. The van der Waals surface area contributed by atoms with Crippen molar-refractivity contribution in [3.05, 3.63) is 42.0 Å². The van der Waals surface area contributed by atoms with Gasteiger partial charge in [-0.3, -0.25) is 4.68 Å². The molecule has 0 aliphatic rings. The minimum atomic E-state index is 0.667. The van der Waals surface area contributed by atoms with E-state index in [1.807, 2.05) is 43.0 Å². The number of nitrogens with one attached hydrogen (secondary N) is 1. The SMILES string of the molecule is Cc1c(CNc2ncnc3ccc(N)cc23)cnn1C. The highest BCUT2D eigenvalue weighted by atomic mass is 15.3. The molecule has 2 heterocycles. The standard InChI is InChI=1S/C14H16N6/c1-9-10(7-19-20(9)2)6-16-14-12-5-11(15)3-4-13(12)17-8-18-14/h3-5,7-8H,6,15H2,1-2H3,(H,16,17,18). The van der Waals surface area contributed by atoms with E-state index < -0.39 is 0 Å². The van der Waals surface area contributed by atoms with Gasteiger partial charge in [0.2, 0.25) is 0 Å². The summed E-state index contributed by atoms with van der Waals surface area (Å²) in [4.78, 5) is 8.53. The van der Waals surface area contributed by atoms with E-state index in [-0.39, 0.29) is 0 Å². The summed E-state index contributed by atoms with van der Waals surface area (Å²) in [6.07, 6.45) is 3.41. The van der Waals surface area contributed by atoms with Crippen molar-refractivity contribution in [3.8, 4) is 0 Å². The first-order valence-electron chi connectivity index (χ1n) is 6.37. The molecule has 3 aromatic rings. The van der Waals surface area contributed by atoms with E-state index in [2.05, 4.69) is 20.4 Å². The van der Waals surface area contributed by atoms with Crippen molar-refractivity contribution in [1.29, 1.82) is 0 Å². The second-order valence-electron chi connectivity index (χ2n) is 4.73. The lowest BCUT2D eigenvalue weighted by Gasteiger charge is -2.08. The number of rotatable bonds is 3. The number of hydrogen-bond donors (Lipinski definition) is 2. The third kappa shape index (κ3) is 2.16. The number of hydrogen-bond acceptors (Lipinski definition) is 5. The Morgan fingerprint density at radius 2 is 2.15 bits per heavy atom. The summed E-state index contributed by atoms with van der Waals surface area (Å²) in [6, 6.07) is 5.62. The van der Waals surface area contributed by atoms with Crippen LogP contribution >= 0.6 is 0 Å². The summed E-state index contributed by atoms with van der Waals surface area (Å²) in [6.45, 7) is 2.71. The monoisotopic (exact) mass is 268 g/mol. The van der Waals surface area contributed by atoms with Crippen LogP contribution in [0.15, 0.2) is 30.7 Å². The molecule has 0 saturated heterocycles. The summed E-state index contributed by atoms with van der Waals surface area (Å²) < 4.78 is 1.85. The van der Waals surface area contributed by atoms with Gasteiger partial charge in [0.15, 0.2) is 0 Å². The van der Waals surface area contributed by atoms with Gasteiger partial charge in [-0.05, 0) is 25.1 Å². The maximum Gasteiger partial charge on any atom is 0.137 e. The Morgan fingerprint density at radius 1 is 1.30 bits per heavy atom. The molecule has 0 bridgehead atoms. The first-order valence-corrected chi connectivity index (χ1v) is 6.37. The fraction of sp³-hybridized carbons (Fsp3) is 0.214. The smallest absolute Gasteiger partial charge is 0.137 e. The zero-order valence-electron chi connectivity index (χ0n) is 11.5. The van der Waals surface area contributed by atoms with Gasteiger partial charge in [0, 0.05) is 35.9 Å². The number of nitrogen functional groups attached to an aromatic ring is 1. The van der Waals surface area contributed by atoms with Gasteiger partial charge in [0.1, 0.15) is 12.1 Å². The second-order valence-corrected chi connectivity index (χ2v) is 4.73. The molecule has 0 spiro atoms. The predicted molar refractivity (Wildman–Crippen MR) is 79.2 cm³/mol. The van der Waals surface area contributed by atoms with E-state index >= 15 is 0 Å². The van der Waals surface area contributed by atoms with Gasteiger partial charge < -0.3 is 11.1 Å². The normalized spacial score (nSPS) is 10.9. The fourth-order valence-electron chi connectivity index (χ4n) is 2.11. The Labute approximate surface area is 116 Å². The van der Waals surface area contributed by atoms with Crippen molar-refractivity contribution in [2.45, 2.75) is 13.5 Å². The van der Waals surface area contributed by atoms with Crippen LogP contribution in [0.25, 0.3) is 10.9 Å². The van der Waals surface area contributed by atoms with Gasteiger partial charge in [-0.2, -0.15) is 5.10 Å². The number of anilines is 2. The summed E-state index contributed by atoms with van der Waals surface area (Å²) in [5.74, 6) is 0.783. The predicted octanol–water partition coefficient (Wildman–Crippen LogP) is 1.87. The van der Waals surface area contributed by atoms with E-state index in [1.54, 1.807) is 6.33 Å². The lowest BCUT2D eigenvalue weighted by Crippen LogP contribution is -2.04. The average molecular weight is 268 g/mol. The molecule has 0 fully saturated rings. The van der Waals surface area contributed by atoms with E-state index in [1.165, 1.54) is 0 Å². The Bertz CT molecular complexity index is 761. The van der Waals surface area contributed by atoms with Crippen LogP contribution < -0.4 is 11.1 Å². The van der Waals surface area contributed by atoms with Gasteiger partial charge in [0.05, 0.1) is 11.7 Å². The maximum atomic E-state index is 5.83. The Kier molecular flexibility index (Phi) is 2.98. The summed E-state index contributed by atoms with van der Waals surface area (Å²) in [7, 11) is 1.93. The minimum absolute atomic E-state index is 0.667. The van der Waals surface area contributed by atoms with E-state index in [0.29, 0.717) is 12.2 Å². The van der Waals surface area contributed by atoms with Crippen LogP contribution in [0.1, 0.15) is 11.3 Å². The highest BCUT2D eigenvalue weighted by Crippen LogP contribution is 2.22. The highest BCUT2D eigenvalue weighted by molar-refractivity contribution is 5.91. The molecule has 20 heavy (non-hydrogen) atoms. The molecule has 0 radical (unpaired) electrons. The fourth-order valence-corrected chi connectivity index (χ4v) is 2.11. The molecule has 0 amide bonds. The Morgan fingerprint density at radius 3 is 2.90 bits per heavy atom. The van der Waals surface area contributed by atoms with Crippen LogP contribution in [-0.2, 0) is 13.6 Å². The van der Waals surface area contributed by atoms with E-state index in [4.69, 9.17) is 5.73 Å². The largest absolute Gasteiger partial charge is 0.399 e. The molecule has 0 atom stereocenters. The van der Waals surface area contributed by atoms with Crippen LogP contribution in [-0.4, -0.2) is 19.7 Å². The Balaban J connectivity index is 1.91. The van der Waals surface area contributed by atoms with Crippen LogP contribution in [0.2, 0.25) is 0 Å². The van der Waals surface area contributed by atoms with Gasteiger partial charge in [-0.1, -0.05) is 0 Å². The van der Waals surface area contributed by atoms with Gasteiger partial charge >= 0.3 is 0 Å². The van der Waals surface area contributed by atoms with Crippen LogP contribution in [0.5, 0.6) is 0 Å². The van der Waals surface area contributed by atoms with Gasteiger partial charge in [-0.25, -0.2) is 9.97 Å². The van der Waals surface area contributed by atoms with E-state index in [9.17, 15) is 0 Å². The Hall–Kier alpha value is -2.63. The number of fused-ring (bicyclic) bond motifs is 1. The quantitative estimate of drug-likeness (QED) is 0.709. The molecule has 6 nitrogen and oxygen atoms in total. The van der Waals surface area contributed by atoms with Crippen molar-refractivity contribution in [2.75, 3.05) is 11.1 Å². The molecule has 6 heteroatoms. The van der Waals surface area contributed by atoms with Crippen LogP contribution in [0.3, 0.4) is 0 Å². The molecule has 3 N–H and O–H groups in total. The average Bonchev–Trinajstić information content (AvgIpc) is 2.76. The van der Waals surface area contributed by atoms with Crippen LogP contribution in [0.4, 0.5) is 11.5 Å². The first kappa shape index (κ1) is 12.4. The lowest BCUT2D eigenvalue weighted by atomic mass is 10.2. The third-order valence-corrected chi connectivity index (χ3v) is 3.44. The molecule has 3 rings (SSSR count). The van der Waals surface area contributed by atoms with E-state index in [0.717, 1.165) is 28.0 Å². The van der Waals surface area contributed by atoms with Crippen molar-refractivity contribution < 1.29 is 0 Å². The molecule has 0 aliphatic carbocycles. The second kappa shape index (κ2) is 4.80. The van der Waals surface area contributed by atoms with Crippen molar-refractivity contribution in [3.63, 3.8) is 0 Å². The molecule has 0 aliphatic heterocycles. The number of aryl methyl sites for hydroxylation is 1. The van der Waals surface area contributed by atoms with Gasteiger partial charge in [-0.15, -0.1) is 0 Å². The van der Waals surface area contributed by atoms with Gasteiger partial charge in [0.25, 0.3) is 0 Å². The van der Waals surface area contributed by atoms with Crippen molar-refractivity contribution in [2.24, 2.45) is 7.05 Å². The number of aromatic nitrogens is 4. The van der Waals surface area contributed by atoms with Crippen molar-refractivity contribution in [1.82, 2.24) is 19.7 Å². The molecule has 102 valence electrons. The minimum Gasteiger partial charge on any atom is -0.399 e. The topological polar surface area (TPSA) is 81.7 Å². The maximum absolute atomic E-state index is 5.83. The third-order valence-electron chi connectivity index (χ3n) is 3.44. The summed E-state index contributed by atoms with van der Waals surface area (Å²) in [5.41, 5.74) is 9.68. The lowest BCUT2D eigenvalue weighted by molar-refractivity contribution is 0.738. The summed E-state index contributed by atoms with van der Waals surface area (Å²) >= 11 is 0. The first-order chi connectivity index (χ1) is 9.65. The molecule has 2 aromatic heterocycles. The zero-order chi connectivity index (χ0) is 14.1. The number of nitrogens with two attached hydrogens (primary N) is 1.